The van der Waals surface area contributed by atoms with Crippen molar-refractivity contribution in [1.29, 1.82) is 0 Å². The van der Waals surface area contributed by atoms with Crippen LogP contribution in [0.15, 0.2) is 6.07 Å². The molecule has 2 aliphatic rings. The summed E-state index contributed by atoms with van der Waals surface area (Å²) in [6.45, 7) is 7.08. The molecule has 0 radical (unpaired) electrons. The van der Waals surface area contributed by atoms with E-state index < -0.39 is 18.1 Å². The van der Waals surface area contributed by atoms with Crippen LogP contribution in [0.2, 0.25) is 0 Å². The van der Waals surface area contributed by atoms with Crippen LogP contribution < -0.4 is 16.0 Å². The van der Waals surface area contributed by atoms with Gasteiger partial charge in [0.05, 0.1) is 5.69 Å². The van der Waals surface area contributed by atoms with Crippen LogP contribution in [0.3, 0.4) is 0 Å². The zero-order chi connectivity index (χ0) is 19.6. The molecule has 1 aromatic heterocycles. The lowest BCUT2D eigenvalue weighted by Gasteiger charge is -2.32. The van der Waals surface area contributed by atoms with Crippen LogP contribution in [0, 0.1) is 12.8 Å². The molecule has 2 fully saturated rings. The van der Waals surface area contributed by atoms with Gasteiger partial charge >= 0.3 is 11.8 Å². The molecule has 1 aromatic rings. The van der Waals surface area contributed by atoms with E-state index in [9.17, 15) is 14.4 Å². The first kappa shape index (κ1) is 19.3. The normalized spacial score (nSPS) is 25.8. The van der Waals surface area contributed by atoms with Crippen LogP contribution in [0.25, 0.3) is 0 Å². The Labute approximate surface area is 158 Å². The summed E-state index contributed by atoms with van der Waals surface area (Å²) in [4.78, 5) is 38.6. The third kappa shape index (κ3) is 4.47. The van der Waals surface area contributed by atoms with Crippen molar-refractivity contribution >= 4 is 23.5 Å². The second-order valence-electron chi connectivity index (χ2n) is 7.51. The lowest BCUT2D eigenvalue weighted by molar-refractivity contribution is -0.144. The molecule has 3 N–H and O–H groups in total. The average Bonchev–Trinajstić information content (AvgIpc) is 3.00. The largest absolute Gasteiger partial charge is 0.334 e. The standard InChI is InChI=1S/C18H28N6O3/c1-4-13-9-15(25)21-18(19-13)24-14(8-12(3)22-24)20-16(26)17(27)23-7-5-6-11(2)10-23/h8,11,13,18-19H,4-7,9-10H2,1-3H3,(H,20,26)(H,21,25). The van der Waals surface area contributed by atoms with Gasteiger partial charge in [-0.2, -0.15) is 5.10 Å². The highest BCUT2D eigenvalue weighted by Crippen LogP contribution is 2.19. The van der Waals surface area contributed by atoms with Gasteiger partial charge in [-0.05, 0) is 32.1 Å². The van der Waals surface area contributed by atoms with Gasteiger partial charge in [0.15, 0.2) is 6.29 Å². The van der Waals surface area contributed by atoms with Crippen molar-refractivity contribution in [3.05, 3.63) is 11.8 Å². The maximum atomic E-state index is 12.5. The van der Waals surface area contributed by atoms with Gasteiger partial charge in [-0.3, -0.25) is 19.7 Å². The Morgan fingerprint density at radius 3 is 2.89 bits per heavy atom. The lowest BCUT2D eigenvalue weighted by atomic mass is 10.0. The number of anilines is 1. The molecule has 3 unspecified atom stereocenters. The number of carbonyl (C=O) groups excluding carboxylic acids is 3. The highest BCUT2D eigenvalue weighted by molar-refractivity contribution is 6.39. The number of aromatic nitrogens is 2. The maximum absolute atomic E-state index is 12.5. The topological polar surface area (TPSA) is 108 Å². The lowest BCUT2D eigenvalue weighted by Crippen LogP contribution is -2.53. The van der Waals surface area contributed by atoms with Gasteiger partial charge in [-0.25, -0.2) is 4.68 Å². The number of hydrogen-bond donors (Lipinski definition) is 3. The molecule has 3 amide bonds. The first-order chi connectivity index (χ1) is 12.9. The van der Waals surface area contributed by atoms with E-state index in [1.54, 1.807) is 17.9 Å². The van der Waals surface area contributed by atoms with E-state index in [4.69, 9.17) is 0 Å². The average molecular weight is 376 g/mol. The smallest absolute Gasteiger partial charge is 0.315 e. The van der Waals surface area contributed by atoms with Gasteiger partial charge in [-0.1, -0.05) is 13.8 Å². The Balaban J connectivity index is 1.73. The molecule has 2 aliphatic heterocycles. The SMILES string of the molecule is CCC1CC(=O)NC(n2nc(C)cc2NC(=O)C(=O)N2CCCC(C)C2)N1. The second kappa shape index (κ2) is 8.08. The molecule has 3 heterocycles. The molecular weight excluding hydrogens is 348 g/mol. The van der Waals surface area contributed by atoms with Crippen molar-refractivity contribution in [3.8, 4) is 0 Å². The zero-order valence-electron chi connectivity index (χ0n) is 16.1. The van der Waals surface area contributed by atoms with Crippen molar-refractivity contribution in [1.82, 2.24) is 25.3 Å². The Hall–Kier alpha value is -2.42. The molecule has 0 saturated carbocycles. The van der Waals surface area contributed by atoms with E-state index in [2.05, 4.69) is 28.0 Å². The van der Waals surface area contributed by atoms with E-state index in [0.717, 1.165) is 19.3 Å². The molecule has 0 bridgehead atoms. The minimum absolute atomic E-state index is 0.0354. The summed E-state index contributed by atoms with van der Waals surface area (Å²) >= 11 is 0. The molecule has 0 aliphatic carbocycles. The van der Waals surface area contributed by atoms with Crippen molar-refractivity contribution in [2.75, 3.05) is 18.4 Å². The van der Waals surface area contributed by atoms with Crippen molar-refractivity contribution in [2.24, 2.45) is 5.92 Å². The molecular formula is C18H28N6O3. The van der Waals surface area contributed by atoms with Crippen LogP contribution in [0.5, 0.6) is 0 Å². The number of carbonyl (C=O) groups is 3. The Bertz CT molecular complexity index is 731. The highest BCUT2D eigenvalue weighted by Gasteiger charge is 2.30. The summed E-state index contributed by atoms with van der Waals surface area (Å²) in [7, 11) is 0. The van der Waals surface area contributed by atoms with Gasteiger partial charge in [0, 0.05) is 31.6 Å². The Kier molecular flexibility index (Phi) is 5.79. The number of amides is 3. The fourth-order valence-corrected chi connectivity index (χ4v) is 3.65. The van der Waals surface area contributed by atoms with Crippen LogP contribution in [0.4, 0.5) is 5.82 Å². The second-order valence-corrected chi connectivity index (χ2v) is 7.51. The molecule has 0 aromatic carbocycles. The maximum Gasteiger partial charge on any atom is 0.315 e. The molecule has 3 rings (SSSR count). The summed E-state index contributed by atoms with van der Waals surface area (Å²) in [5, 5.41) is 13.2. The van der Waals surface area contributed by atoms with Gasteiger partial charge in [0.25, 0.3) is 0 Å². The van der Waals surface area contributed by atoms with E-state index in [-0.39, 0.29) is 11.9 Å². The number of nitrogens with zero attached hydrogens (tertiary/aromatic N) is 3. The van der Waals surface area contributed by atoms with Crippen LogP contribution in [0.1, 0.15) is 51.5 Å². The highest BCUT2D eigenvalue weighted by atomic mass is 16.2. The fraction of sp³-hybridized carbons (Fsp3) is 0.667. The fourth-order valence-electron chi connectivity index (χ4n) is 3.65. The first-order valence-corrected chi connectivity index (χ1v) is 9.59. The van der Waals surface area contributed by atoms with Crippen LogP contribution >= 0.6 is 0 Å². The van der Waals surface area contributed by atoms with Gasteiger partial charge in [0.1, 0.15) is 5.82 Å². The summed E-state index contributed by atoms with van der Waals surface area (Å²) in [5.74, 6) is -0.505. The summed E-state index contributed by atoms with van der Waals surface area (Å²) in [6.07, 6.45) is 2.62. The van der Waals surface area contributed by atoms with Crippen molar-refractivity contribution < 1.29 is 14.4 Å². The van der Waals surface area contributed by atoms with Crippen molar-refractivity contribution in [3.63, 3.8) is 0 Å². The number of rotatable bonds is 3. The third-order valence-electron chi connectivity index (χ3n) is 5.10. The van der Waals surface area contributed by atoms with Gasteiger partial charge < -0.3 is 15.5 Å². The van der Waals surface area contributed by atoms with E-state index in [1.165, 1.54) is 4.68 Å². The van der Waals surface area contributed by atoms with E-state index in [1.807, 2.05) is 6.92 Å². The molecule has 9 nitrogen and oxygen atoms in total. The quantitative estimate of drug-likeness (QED) is 0.674. The summed E-state index contributed by atoms with van der Waals surface area (Å²) < 4.78 is 1.51. The van der Waals surface area contributed by atoms with E-state index >= 15 is 0 Å². The van der Waals surface area contributed by atoms with Crippen LogP contribution in [-0.2, 0) is 14.4 Å². The summed E-state index contributed by atoms with van der Waals surface area (Å²) in [6, 6.07) is 1.72. The van der Waals surface area contributed by atoms with Crippen LogP contribution in [-0.4, -0.2) is 51.5 Å². The molecule has 2 saturated heterocycles. The van der Waals surface area contributed by atoms with Gasteiger partial charge in [-0.15, -0.1) is 0 Å². The summed E-state index contributed by atoms with van der Waals surface area (Å²) in [5.41, 5.74) is 0.680. The number of nitrogens with one attached hydrogen (secondary N) is 3. The number of hydrogen-bond acceptors (Lipinski definition) is 5. The molecule has 9 heteroatoms. The van der Waals surface area contributed by atoms with E-state index in [0.29, 0.717) is 36.9 Å². The Morgan fingerprint density at radius 2 is 2.19 bits per heavy atom. The molecule has 27 heavy (non-hydrogen) atoms. The minimum Gasteiger partial charge on any atom is -0.334 e. The predicted molar refractivity (Wildman–Crippen MR) is 99.6 cm³/mol. The minimum atomic E-state index is -0.681. The first-order valence-electron chi connectivity index (χ1n) is 9.59. The predicted octanol–water partition coefficient (Wildman–Crippen LogP) is 0.733. The van der Waals surface area contributed by atoms with Gasteiger partial charge in [0.2, 0.25) is 5.91 Å². The third-order valence-corrected chi connectivity index (χ3v) is 5.10. The zero-order valence-corrected chi connectivity index (χ0v) is 16.1. The number of piperidine rings is 1. The monoisotopic (exact) mass is 376 g/mol. The molecule has 3 atom stereocenters. The molecule has 0 spiro atoms. The molecule has 148 valence electrons. The number of aryl methyl sites for hydroxylation is 1. The number of likely N-dealkylation sites (tertiary alicyclic amines) is 1. The van der Waals surface area contributed by atoms with Crippen molar-refractivity contribution in [2.45, 2.75) is 58.8 Å². The Morgan fingerprint density at radius 1 is 1.41 bits per heavy atom.